The van der Waals surface area contributed by atoms with Crippen LogP contribution in [-0.4, -0.2) is 68.6 Å². The van der Waals surface area contributed by atoms with Crippen LogP contribution in [0.15, 0.2) is 58.3 Å². The molecule has 0 aliphatic carbocycles. The third-order valence-corrected chi connectivity index (χ3v) is 8.63. The molecule has 7 nitrogen and oxygen atoms in total. The molecule has 2 heterocycles. The van der Waals surface area contributed by atoms with Crippen molar-refractivity contribution in [2.75, 3.05) is 44.6 Å². The van der Waals surface area contributed by atoms with Crippen molar-refractivity contribution < 1.29 is 13.2 Å². The average Bonchev–Trinajstić information content (AvgIpc) is 2.94. The number of carbonyl (C=O) groups excluding carboxylic acids is 1. The predicted octanol–water partition coefficient (Wildman–Crippen LogP) is 3.00. The summed E-state index contributed by atoms with van der Waals surface area (Å²) in [5.74, 6) is -0.0832. The van der Waals surface area contributed by atoms with E-state index in [9.17, 15) is 13.2 Å². The summed E-state index contributed by atoms with van der Waals surface area (Å²) in [5.41, 5.74) is 1.91. The first-order chi connectivity index (χ1) is 15.9. The summed E-state index contributed by atoms with van der Waals surface area (Å²) in [6.07, 6.45) is 1.17. The van der Waals surface area contributed by atoms with Crippen LogP contribution in [0.2, 0.25) is 0 Å². The lowest BCUT2D eigenvalue weighted by Crippen LogP contribution is -2.46. The molecular formula is C24H32N4O3S2. The first kappa shape index (κ1) is 24.2. The van der Waals surface area contributed by atoms with Crippen LogP contribution in [0.4, 0.5) is 5.69 Å². The van der Waals surface area contributed by atoms with Crippen molar-refractivity contribution in [1.82, 2.24) is 14.5 Å². The van der Waals surface area contributed by atoms with Crippen molar-refractivity contribution in [3.05, 3.63) is 54.1 Å². The van der Waals surface area contributed by atoms with Gasteiger partial charge in [0.05, 0.1) is 10.6 Å². The van der Waals surface area contributed by atoms with E-state index < -0.39 is 10.0 Å². The van der Waals surface area contributed by atoms with Crippen molar-refractivity contribution in [3.8, 4) is 0 Å². The zero-order chi connectivity index (χ0) is 23.3. The summed E-state index contributed by atoms with van der Waals surface area (Å²) in [7, 11) is -3.62. The number of nitrogens with zero attached hydrogens (tertiary/aromatic N) is 2. The maximum Gasteiger partial charge on any atom is 0.240 e. The van der Waals surface area contributed by atoms with E-state index in [1.807, 2.05) is 13.0 Å². The Morgan fingerprint density at radius 2 is 1.79 bits per heavy atom. The largest absolute Gasteiger partial charge is 0.325 e. The normalized spacial score (nSPS) is 20.2. The van der Waals surface area contributed by atoms with Gasteiger partial charge in [0.15, 0.2) is 0 Å². The molecular weight excluding hydrogens is 456 g/mol. The fourth-order valence-electron chi connectivity index (χ4n) is 4.20. The summed E-state index contributed by atoms with van der Waals surface area (Å²) >= 11 is 1.59. The number of thioether (sulfide) groups is 1. The van der Waals surface area contributed by atoms with Gasteiger partial charge in [0.25, 0.3) is 0 Å². The number of fused-ring (bicyclic) bond motifs is 1. The predicted molar refractivity (Wildman–Crippen MR) is 133 cm³/mol. The van der Waals surface area contributed by atoms with E-state index in [1.165, 1.54) is 5.56 Å². The first-order valence-electron chi connectivity index (χ1n) is 11.5. The second kappa shape index (κ2) is 11.0. The van der Waals surface area contributed by atoms with Gasteiger partial charge in [0.1, 0.15) is 0 Å². The molecule has 9 heteroatoms. The van der Waals surface area contributed by atoms with Gasteiger partial charge < -0.3 is 10.2 Å². The molecule has 0 saturated carbocycles. The number of amides is 1. The number of benzene rings is 2. The lowest BCUT2D eigenvalue weighted by Gasteiger charge is -2.34. The summed E-state index contributed by atoms with van der Waals surface area (Å²) in [6.45, 7) is 8.29. The van der Waals surface area contributed by atoms with Crippen LogP contribution in [0.5, 0.6) is 0 Å². The van der Waals surface area contributed by atoms with Crippen molar-refractivity contribution in [1.29, 1.82) is 0 Å². The van der Waals surface area contributed by atoms with Crippen LogP contribution in [0.1, 0.15) is 25.3 Å². The molecule has 0 spiro atoms. The molecule has 2 aromatic rings. The Kier molecular flexibility index (Phi) is 8.08. The fourth-order valence-corrected chi connectivity index (χ4v) is 6.35. The summed E-state index contributed by atoms with van der Waals surface area (Å²) in [5, 5.41) is 2.99. The maximum absolute atomic E-state index is 12.8. The summed E-state index contributed by atoms with van der Waals surface area (Å²) in [6, 6.07) is 15.5. The molecule has 2 aliphatic rings. The number of anilines is 1. The zero-order valence-electron chi connectivity index (χ0n) is 19.0. The average molecular weight is 489 g/mol. The van der Waals surface area contributed by atoms with Gasteiger partial charge in [-0.1, -0.05) is 37.3 Å². The van der Waals surface area contributed by atoms with E-state index in [1.54, 1.807) is 30.0 Å². The Labute approximate surface area is 201 Å². The number of hydrogen-bond donors (Lipinski definition) is 2. The van der Waals surface area contributed by atoms with E-state index in [4.69, 9.17) is 0 Å². The molecule has 178 valence electrons. The molecule has 0 aromatic heterocycles. The molecule has 0 unspecified atom stereocenters. The molecule has 2 N–H and O–H groups in total. The van der Waals surface area contributed by atoms with Gasteiger partial charge in [-0.15, -0.1) is 11.8 Å². The number of carbonyl (C=O) groups is 1. The van der Waals surface area contributed by atoms with Crippen molar-refractivity contribution >= 4 is 33.4 Å². The number of rotatable bonds is 8. The number of nitrogens with one attached hydrogen (secondary N) is 2. The highest BCUT2D eigenvalue weighted by atomic mass is 32.2. The smallest absolute Gasteiger partial charge is 0.240 e. The molecule has 1 atom stereocenters. The quantitative estimate of drug-likeness (QED) is 0.556. The van der Waals surface area contributed by atoms with Gasteiger partial charge >= 0.3 is 0 Å². The minimum Gasteiger partial charge on any atom is -0.325 e. The Balaban J connectivity index is 1.22. The minimum atomic E-state index is -3.62. The van der Waals surface area contributed by atoms with Gasteiger partial charge in [0.2, 0.25) is 15.9 Å². The minimum absolute atomic E-state index is 0.0832. The molecule has 1 amide bonds. The highest BCUT2D eigenvalue weighted by Gasteiger charge is 2.22. The number of hydrogen-bond acceptors (Lipinski definition) is 6. The molecule has 1 saturated heterocycles. The topological polar surface area (TPSA) is 81.7 Å². The van der Waals surface area contributed by atoms with Gasteiger partial charge in [-0.05, 0) is 36.7 Å². The third kappa shape index (κ3) is 6.80. The van der Waals surface area contributed by atoms with Crippen LogP contribution >= 0.6 is 11.8 Å². The third-order valence-electron chi connectivity index (χ3n) is 5.99. The Morgan fingerprint density at radius 1 is 1.06 bits per heavy atom. The Bertz CT molecular complexity index is 1050. The summed E-state index contributed by atoms with van der Waals surface area (Å²) in [4.78, 5) is 17.9. The van der Waals surface area contributed by atoms with Crippen LogP contribution in [0, 0.1) is 0 Å². The maximum atomic E-state index is 12.8. The second-order valence-corrected chi connectivity index (χ2v) is 11.9. The highest BCUT2D eigenvalue weighted by Crippen LogP contribution is 2.36. The van der Waals surface area contributed by atoms with Crippen molar-refractivity contribution in [2.24, 2.45) is 0 Å². The Hall–Kier alpha value is -1.91. The van der Waals surface area contributed by atoms with E-state index in [0.29, 0.717) is 18.7 Å². The van der Waals surface area contributed by atoms with Gasteiger partial charge in [-0.2, -0.15) is 0 Å². The number of piperazine rings is 1. The van der Waals surface area contributed by atoms with E-state index >= 15 is 0 Å². The van der Waals surface area contributed by atoms with Crippen molar-refractivity contribution in [2.45, 2.75) is 41.4 Å². The molecule has 1 fully saturated rings. The Morgan fingerprint density at radius 3 is 2.55 bits per heavy atom. The van der Waals surface area contributed by atoms with Crippen LogP contribution in [0.3, 0.4) is 0 Å². The van der Waals surface area contributed by atoms with E-state index in [0.717, 1.165) is 50.6 Å². The molecule has 4 rings (SSSR count). The zero-order valence-corrected chi connectivity index (χ0v) is 20.6. The van der Waals surface area contributed by atoms with Crippen LogP contribution < -0.4 is 10.0 Å². The molecule has 2 aliphatic heterocycles. The molecule has 2 aromatic carbocycles. The second-order valence-electron chi connectivity index (χ2n) is 8.69. The van der Waals surface area contributed by atoms with Gasteiger partial charge in [-0.3, -0.25) is 9.69 Å². The first-order valence-corrected chi connectivity index (χ1v) is 13.8. The van der Waals surface area contributed by atoms with E-state index in [2.05, 4.69) is 44.1 Å². The van der Waals surface area contributed by atoms with Crippen molar-refractivity contribution in [3.63, 3.8) is 0 Å². The number of sulfonamides is 1. The fraction of sp³-hybridized carbons (Fsp3) is 0.458. The monoisotopic (exact) mass is 488 g/mol. The van der Waals surface area contributed by atoms with Gasteiger partial charge in [0, 0.05) is 55.8 Å². The SMILES string of the molecule is C[C@H]1CC(=O)Nc2cc(S(=O)(=O)NCCCN3CCN(Cc4ccccc4)CC3)ccc2S1. The standard InChI is InChI=1S/C24H32N4O3S2/c1-19-16-24(29)26-22-17-21(8-9-23(22)32-19)33(30,31)25-10-5-11-27-12-14-28(15-13-27)18-20-6-3-2-4-7-20/h2-4,6-9,17,19,25H,5,10-16,18H2,1H3,(H,26,29)/t19-/m0/s1. The summed E-state index contributed by atoms with van der Waals surface area (Å²) < 4.78 is 28.2. The lowest BCUT2D eigenvalue weighted by molar-refractivity contribution is -0.116. The molecule has 33 heavy (non-hydrogen) atoms. The van der Waals surface area contributed by atoms with Crippen LogP contribution in [0.25, 0.3) is 0 Å². The highest BCUT2D eigenvalue weighted by molar-refractivity contribution is 8.00. The molecule has 0 radical (unpaired) electrons. The lowest BCUT2D eigenvalue weighted by atomic mass is 10.2. The van der Waals surface area contributed by atoms with Gasteiger partial charge in [-0.25, -0.2) is 13.1 Å². The van der Waals surface area contributed by atoms with E-state index in [-0.39, 0.29) is 16.1 Å². The van der Waals surface area contributed by atoms with Crippen LogP contribution in [-0.2, 0) is 21.4 Å². The molecule has 0 bridgehead atoms.